The summed E-state index contributed by atoms with van der Waals surface area (Å²) >= 11 is 0. The predicted octanol–water partition coefficient (Wildman–Crippen LogP) is 1.50. The number of alkyl halides is 1. The van der Waals surface area contributed by atoms with Gasteiger partial charge in [-0.25, -0.2) is 9.37 Å². The molecule has 2 atom stereocenters. The van der Waals surface area contributed by atoms with E-state index in [0.717, 1.165) is 11.3 Å². The summed E-state index contributed by atoms with van der Waals surface area (Å²) in [5.41, 5.74) is 1.86. The first-order valence-electron chi connectivity index (χ1n) is 6.09. The third-order valence-corrected chi connectivity index (χ3v) is 3.37. The summed E-state index contributed by atoms with van der Waals surface area (Å²) in [6, 6.07) is 5.72. The van der Waals surface area contributed by atoms with Crippen LogP contribution in [0, 0.1) is 0 Å². The molecule has 2 aromatic heterocycles. The third-order valence-electron chi connectivity index (χ3n) is 3.37. The summed E-state index contributed by atoms with van der Waals surface area (Å²) in [5, 5.41) is 0. The van der Waals surface area contributed by atoms with Gasteiger partial charge in [-0.2, -0.15) is 0 Å². The molecule has 4 nitrogen and oxygen atoms in total. The fourth-order valence-corrected chi connectivity index (χ4v) is 2.36. The van der Waals surface area contributed by atoms with Gasteiger partial charge in [-0.05, 0) is 19.2 Å². The van der Waals surface area contributed by atoms with Crippen LogP contribution in [0.2, 0.25) is 0 Å². The number of halogens is 1. The largest absolute Gasteiger partial charge is 0.377 e. The molecule has 2 aromatic rings. The molecule has 0 N–H and O–H groups in total. The van der Waals surface area contributed by atoms with Gasteiger partial charge in [0.1, 0.15) is 11.8 Å². The highest BCUT2D eigenvalue weighted by molar-refractivity contribution is 5.39. The number of hydrogen-bond acceptors (Lipinski definition) is 3. The Morgan fingerprint density at radius 3 is 3.11 bits per heavy atom. The van der Waals surface area contributed by atoms with Gasteiger partial charge >= 0.3 is 0 Å². The van der Waals surface area contributed by atoms with Crippen molar-refractivity contribution < 1.29 is 9.13 Å². The molecule has 0 bridgehead atoms. The number of rotatable bonds is 3. The minimum absolute atomic E-state index is 0.158. The Morgan fingerprint density at radius 2 is 2.39 bits per heavy atom. The van der Waals surface area contributed by atoms with E-state index >= 15 is 0 Å². The van der Waals surface area contributed by atoms with Crippen LogP contribution in [0.15, 0.2) is 30.6 Å². The average Bonchev–Trinajstić information content (AvgIpc) is 2.94. The molecule has 1 saturated heterocycles. The summed E-state index contributed by atoms with van der Waals surface area (Å²) in [6.07, 6.45) is 3.05. The molecule has 0 aromatic carbocycles. The maximum Gasteiger partial charge on any atom is 0.141 e. The number of imidazole rings is 1. The molecule has 0 spiro atoms. The first-order chi connectivity index (χ1) is 8.74. The zero-order chi connectivity index (χ0) is 12.5. The van der Waals surface area contributed by atoms with E-state index in [2.05, 4.69) is 4.98 Å². The van der Waals surface area contributed by atoms with Crippen LogP contribution in [0.25, 0.3) is 5.65 Å². The number of fused-ring (bicyclic) bond motifs is 1. The number of likely N-dealkylation sites (N-methyl/N-ethyl adjacent to an activating group) is 1. The van der Waals surface area contributed by atoms with Crippen LogP contribution in [-0.4, -0.2) is 46.8 Å². The van der Waals surface area contributed by atoms with E-state index in [1.807, 2.05) is 46.9 Å². The van der Waals surface area contributed by atoms with Crippen molar-refractivity contribution in [3.05, 3.63) is 36.3 Å². The van der Waals surface area contributed by atoms with E-state index in [4.69, 9.17) is 4.74 Å². The van der Waals surface area contributed by atoms with Crippen LogP contribution >= 0.6 is 0 Å². The zero-order valence-electron chi connectivity index (χ0n) is 10.3. The van der Waals surface area contributed by atoms with E-state index in [1.54, 1.807) is 0 Å². The van der Waals surface area contributed by atoms with Gasteiger partial charge in [0.25, 0.3) is 0 Å². The van der Waals surface area contributed by atoms with E-state index in [9.17, 15) is 4.39 Å². The second-order valence-electron chi connectivity index (χ2n) is 4.73. The fourth-order valence-electron chi connectivity index (χ4n) is 2.36. The second kappa shape index (κ2) is 4.66. The van der Waals surface area contributed by atoms with Gasteiger partial charge < -0.3 is 9.14 Å². The summed E-state index contributed by atoms with van der Waals surface area (Å²) in [4.78, 5) is 6.48. The number of pyridine rings is 1. The van der Waals surface area contributed by atoms with Crippen LogP contribution in [0.5, 0.6) is 0 Å². The molecular weight excluding hydrogens is 233 g/mol. The number of nitrogens with zero attached hydrogens (tertiary/aromatic N) is 3. The minimum atomic E-state index is -0.896. The van der Waals surface area contributed by atoms with Gasteiger partial charge in [0.15, 0.2) is 0 Å². The van der Waals surface area contributed by atoms with Gasteiger partial charge in [-0.1, -0.05) is 6.07 Å². The Hall–Kier alpha value is -1.46. The highest BCUT2D eigenvalue weighted by Gasteiger charge is 2.31. The molecule has 1 fully saturated rings. The molecule has 1 aliphatic heterocycles. The molecule has 0 amide bonds. The summed E-state index contributed by atoms with van der Waals surface area (Å²) < 4.78 is 20.7. The molecule has 96 valence electrons. The lowest BCUT2D eigenvalue weighted by Crippen LogP contribution is -2.38. The topological polar surface area (TPSA) is 29.8 Å². The zero-order valence-corrected chi connectivity index (χ0v) is 10.3. The Morgan fingerprint density at radius 1 is 1.50 bits per heavy atom. The Balaban J connectivity index is 1.75. The van der Waals surface area contributed by atoms with Crippen molar-refractivity contribution in [2.75, 3.05) is 20.3 Å². The van der Waals surface area contributed by atoms with E-state index in [0.29, 0.717) is 13.2 Å². The lowest BCUT2D eigenvalue weighted by Gasteiger charge is -2.23. The number of ether oxygens (including phenoxy) is 1. The van der Waals surface area contributed by atoms with Gasteiger partial charge in [-0.3, -0.25) is 4.90 Å². The predicted molar refractivity (Wildman–Crippen MR) is 66.2 cm³/mol. The van der Waals surface area contributed by atoms with E-state index in [-0.39, 0.29) is 12.6 Å². The second-order valence-corrected chi connectivity index (χ2v) is 4.73. The average molecular weight is 249 g/mol. The molecule has 5 heteroatoms. The first-order valence-corrected chi connectivity index (χ1v) is 6.09. The van der Waals surface area contributed by atoms with Crippen molar-refractivity contribution in [3.63, 3.8) is 0 Å². The summed E-state index contributed by atoms with van der Waals surface area (Å²) in [7, 11) is 1.91. The highest BCUT2D eigenvalue weighted by Crippen LogP contribution is 2.17. The molecule has 0 radical (unpaired) electrons. The van der Waals surface area contributed by atoms with Crippen molar-refractivity contribution in [2.24, 2.45) is 0 Å². The maximum absolute atomic E-state index is 13.6. The van der Waals surface area contributed by atoms with Gasteiger partial charge in [-0.15, -0.1) is 0 Å². The number of aromatic nitrogens is 2. The molecular formula is C13H16FN3O. The molecule has 2 unspecified atom stereocenters. The van der Waals surface area contributed by atoms with Crippen molar-refractivity contribution in [2.45, 2.75) is 18.8 Å². The molecule has 0 saturated carbocycles. The molecule has 3 rings (SSSR count). The fraction of sp³-hybridized carbons (Fsp3) is 0.462. The van der Waals surface area contributed by atoms with Crippen LogP contribution in [-0.2, 0) is 11.3 Å². The van der Waals surface area contributed by atoms with E-state index < -0.39 is 6.17 Å². The molecule has 18 heavy (non-hydrogen) atoms. The summed E-state index contributed by atoms with van der Waals surface area (Å²) in [5.74, 6) is 0. The highest BCUT2D eigenvalue weighted by atomic mass is 19.1. The first kappa shape index (κ1) is 11.6. The monoisotopic (exact) mass is 249 g/mol. The third kappa shape index (κ3) is 2.11. The van der Waals surface area contributed by atoms with Gasteiger partial charge in [0.05, 0.1) is 24.9 Å². The van der Waals surface area contributed by atoms with Gasteiger partial charge in [0, 0.05) is 18.9 Å². The van der Waals surface area contributed by atoms with Crippen LogP contribution in [0.3, 0.4) is 0 Å². The Bertz CT molecular complexity index is 509. The van der Waals surface area contributed by atoms with Crippen molar-refractivity contribution in [1.29, 1.82) is 0 Å². The van der Waals surface area contributed by atoms with Crippen LogP contribution in [0.1, 0.15) is 5.69 Å². The minimum Gasteiger partial charge on any atom is -0.377 e. The Labute approximate surface area is 105 Å². The van der Waals surface area contributed by atoms with Crippen molar-refractivity contribution >= 4 is 5.65 Å². The van der Waals surface area contributed by atoms with Crippen LogP contribution in [0.4, 0.5) is 4.39 Å². The summed E-state index contributed by atoms with van der Waals surface area (Å²) in [6.45, 7) is 1.31. The standard InChI is InChI=1S/C13H16FN3O/c1-16(12-9-18-8-11(12)14)6-10-7-17-5-3-2-4-13(17)15-10/h2-5,7,11-12H,6,8-9H2,1H3. The quantitative estimate of drug-likeness (QED) is 0.825. The lowest BCUT2D eigenvalue weighted by molar-refractivity contribution is 0.153. The van der Waals surface area contributed by atoms with Crippen molar-refractivity contribution in [1.82, 2.24) is 14.3 Å². The number of hydrogen-bond donors (Lipinski definition) is 0. The van der Waals surface area contributed by atoms with Gasteiger partial charge in [0.2, 0.25) is 0 Å². The molecule has 0 aliphatic carbocycles. The molecule has 1 aliphatic rings. The SMILES string of the molecule is CN(Cc1cn2ccccc2n1)C1COCC1F. The van der Waals surface area contributed by atoms with Crippen LogP contribution < -0.4 is 0 Å². The normalized spacial score (nSPS) is 24.2. The maximum atomic E-state index is 13.6. The van der Waals surface area contributed by atoms with E-state index in [1.165, 1.54) is 0 Å². The molecule has 3 heterocycles. The Kier molecular flexibility index (Phi) is 3.01. The lowest BCUT2D eigenvalue weighted by atomic mass is 10.2. The smallest absolute Gasteiger partial charge is 0.141 e. The van der Waals surface area contributed by atoms with Crippen molar-refractivity contribution in [3.8, 4) is 0 Å².